The number of halogens is 1. The van der Waals surface area contributed by atoms with Gasteiger partial charge in [-0.05, 0) is 45.3 Å². The molecule has 5 heteroatoms. The van der Waals surface area contributed by atoms with Crippen LogP contribution in [0.25, 0.3) is 0 Å². The van der Waals surface area contributed by atoms with E-state index >= 15 is 0 Å². The van der Waals surface area contributed by atoms with Crippen LogP contribution >= 0.6 is 11.6 Å². The molecule has 0 aromatic carbocycles. The predicted molar refractivity (Wildman–Crippen MR) is 77.7 cm³/mol. The largest absolute Gasteiger partial charge is 0.342 e. The molecule has 0 radical (unpaired) electrons. The van der Waals surface area contributed by atoms with Crippen LogP contribution in [0.1, 0.15) is 30.3 Å². The van der Waals surface area contributed by atoms with E-state index in [0.29, 0.717) is 16.6 Å². The van der Waals surface area contributed by atoms with Crippen molar-refractivity contribution < 1.29 is 4.79 Å². The van der Waals surface area contributed by atoms with Crippen molar-refractivity contribution in [3.63, 3.8) is 0 Å². The van der Waals surface area contributed by atoms with Crippen LogP contribution in [0, 0.1) is 5.92 Å². The number of aryl methyl sites for hydroxylation is 1. The molecule has 0 aliphatic carbocycles. The standard InChI is InChI=1S/C14H22ClN3O/c1-3-17-10-12(15)7-13(17)14(19)18-6-4-5-11(9-18)8-16-2/h7,10-11,16H,3-6,8-9H2,1-2H3. The summed E-state index contributed by atoms with van der Waals surface area (Å²) in [6, 6.07) is 1.77. The third-order valence-corrected chi connectivity index (χ3v) is 3.93. The lowest BCUT2D eigenvalue weighted by atomic mass is 9.98. The number of carbonyl (C=O) groups excluding carboxylic acids is 1. The molecule has 0 saturated carbocycles. The summed E-state index contributed by atoms with van der Waals surface area (Å²) in [5.41, 5.74) is 0.706. The summed E-state index contributed by atoms with van der Waals surface area (Å²) >= 11 is 6.00. The van der Waals surface area contributed by atoms with Crippen LogP contribution in [0.2, 0.25) is 5.02 Å². The van der Waals surface area contributed by atoms with Gasteiger partial charge in [0.25, 0.3) is 5.91 Å². The smallest absolute Gasteiger partial charge is 0.270 e. The van der Waals surface area contributed by atoms with Gasteiger partial charge in [-0.3, -0.25) is 4.79 Å². The van der Waals surface area contributed by atoms with Crippen molar-refractivity contribution in [1.82, 2.24) is 14.8 Å². The van der Waals surface area contributed by atoms with E-state index in [1.165, 1.54) is 6.42 Å². The highest BCUT2D eigenvalue weighted by Gasteiger charge is 2.25. The van der Waals surface area contributed by atoms with Gasteiger partial charge in [0.1, 0.15) is 5.69 Å². The van der Waals surface area contributed by atoms with E-state index in [-0.39, 0.29) is 5.91 Å². The monoisotopic (exact) mass is 283 g/mol. The number of carbonyl (C=O) groups is 1. The lowest BCUT2D eigenvalue weighted by Crippen LogP contribution is -2.43. The van der Waals surface area contributed by atoms with E-state index in [0.717, 1.165) is 32.6 Å². The van der Waals surface area contributed by atoms with Crippen LogP contribution in [-0.4, -0.2) is 42.1 Å². The van der Waals surface area contributed by atoms with Gasteiger partial charge < -0.3 is 14.8 Å². The lowest BCUT2D eigenvalue weighted by Gasteiger charge is -2.32. The van der Waals surface area contributed by atoms with Gasteiger partial charge in [0.15, 0.2) is 0 Å². The molecule has 1 aliphatic heterocycles. The molecule has 1 saturated heterocycles. The first kappa shape index (κ1) is 14.4. The topological polar surface area (TPSA) is 37.3 Å². The molecule has 1 aromatic rings. The highest BCUT2D eigenvalue weighted by molar-refractivity contribution is 6.31. The second kappa shape index (κ2) is 6.44. The fraction of sp³-hybridized carbons (Fsp3) is 0.643. The minimum absolute atomic E-state index is 0.106. The molecule has 1 aromatic heterocycles. The number of hydrogen-bond acceptors (Lipinski definition) is 2. The molecule has 1 atom stereocenters. The van der Waals surface area contributed by atoms with Gasteiger partial charge in [0.2, 0.25) is 0 Å². The third-order valence-electron chi connectivity index (χ3n) is 3.72. The summed E-state index contributed by atoms with van der Waals surface area (Å²) < 4.78 is 1.92. The Bertz CT molecular complexity index is 442. The van der Waals surface area contributed by atoms with E-state index in [1.54, 1.807) is 6.07 Å². The van der Waals surface area contributed by atoms with Gasteiger partial charge >= 0.3 is 0 Å². The Labute approximate surface area is 119 Å². The zero-order valence-corrected chi connectivity index (χ0v) is 12.4. The predicted octanol–water partition coefficient (Wildman–Crippen LogP) is 2.23. The quantitative estimate of drug-likeness (QED) is 0.920. The fourth-order valence-electron chi connectivity index (χ4n) is 2.78. The Morgan fingerprint density at radius 1 is 1.58 bits per heavy atom. The highest BCUT2D eigenvalue weighted by atomic mass is 35.5. The molecular weight excluding hydrogens is 262 g/mol. The Morgan fingerprint density at radius 3 is 3.05 bits per heavy atom. The molecule has 106 valence electrons. The van der Waals surface area contributed by atoms with Gasteiger partial charge in [-0.1, -0.05) is 11.6 Å². The van der Waals surface area contributed by atoms with Crippen molar-refractivity contribution in [2.45, 2.75) is 26.3 Å². The average molecular weight is 284 g/mol. The molecule has 0 spiro atoms. The number of nitrogens with zero attached hydrogens (tertiary/aromatic N) is 2. The average Bonchev–Trinajstić information content (AvgIpc) is 2.80. The number of likely N-dealkylation sites (tertiary alicyclic amines) is 1. The second-order valence-electron chi connectivity index (χ2n) is 5.15. The van der Waals surface area contributed by atoms with E-state index in [4.69, 9.17) is 11.6 Å². The van der Waals surface area contributed by atoms with Crippen LogP contribution in [0.3, 0.4) is 0 Å². The number of piperidine rings is 1. The van der Waals surface area contributed by atoms with Crippen LogP contribution in [-0.2, 0) is 6.54 Å². The molecule has 1 N–H and O–H groups in total. The summed E-state index contributed by atoms with van der Waals surface area (Å²) in [6.45, 7) is 5.45. The van der Waals surface area contributed by atoms with Gasteiger partial charge in [-0.2, -0.15) is 0 Å². The normalized spacial score (nSPS) is 19.7. The van der Waals surface area contributed by atoms with Crippen molar-refractivity contribution in [2.75, 3.05) is 26.7 Å². The van der Waals surface area contributed by atoms with E-state index < -0.39 is 0 Å². The summed E-state index contributed by atoms with van der Waals surface area (Å²) in [4.78, 5) is 14.5. The van der Waals surface area contributed by atoms with Gasteiger partial charge in [-0.15, -0.1) is 0 Å². The SMILES string of the molecule is CCn1cc(Cl)cc1C(=O)N1CCCC(CNC)C1. The molecule has 1 fully saturated rings. The first-order valence-electron chi connectivity index (χ1n) is 6.95. The Morgan fingerprint density at radius 2 is 2.37 bits per heavy atom. The minimum atomic E-state index is 0.106. The maximum Gasteiger partial charge on any atom is 0.270 e. The van der Waals surface area contributed by atoms with E-state index in [2.05, 4.69) is 5.32 Å². The summed E-state index contributed by atoms with van der Waals surface area (Å²) in [5.74, 6) is 0.665. The molecular formula is C14H22ClN3O. The number of nitrogens with one attached hydrogen (secondary N) is 1. The van der Waals surface area contributed by atoms with E-state index in [9.17, 15) is 4.79 Å². The molecule has 19 heavy (non-hydrogen) atoms. The van der Waals surface area contributed by atoms with Crippen LogP contribution in [0.15, 0.2) is 12.3 Å². The van der Waals surface area contributed by atoms with Crippen molar-refractivity contribution >= 4 is 17.5 Å². The van der Waals surface area contributed by atoms with Crippen LogP contribution in [0.4, 0.5) is 0 Å². The zero-order chi connectivity index (χ0) is 13.8. The summed E-state index contributed by atoms with van der Waals surface area (Å²) in [5, 5.41) is 3.83. The first-order valence-corrected chi connectivity index (χ1v) is 7.33. The number of hydrogen-bond donors (Lipinski definition) is 1. The molecule has 0 bridgehead atoms. The molecule has 4 nitrogen and oxygen atoms in total. The highest BCUT2D eigenvalue weighted by Crippen LogP contribution is 2.21. The van der Waals surface area contributed by atoms with Crippen molar-refractivity contribution in [1.29, 1.82) is 0 Å². The third kappa shape index (κ3) is 3.31. The molecule has 1 amide bonds. The maximum atomic E-state index is 12.6. The Balaban J connectivity index is 2.10. The molecule has 1 aliphatic rings. The first-order chi connectivity index (χ1) is 9.15. The van der Waals surface area contributed by atoms with Crippen LogP contribution < -0.4 is 5.32 Å². The van der Waals surface area contributed by atoms with Crippen molar-refractivity contribution in [3.05, 3.63) is 23.0 Å². The fourth-order valence-corrected chi connectivity index (χ4v) is 3.00. The van der Waals surface area contributed by atoms with Gasteiger partial charge in [0.05, 0.1) is 5.02 Å². The molecule has 2 heterocycles. The minimum Gasteiger partial charge on any atom is -0.342 e. The Hall–Kier alpha value is -1.00. The van der Waals surface area contributed by atoms with Gasteiger partial charge in [-0.25, -0.2) is 0 Å². The maximum absolute atomic E-state index is 12.6. The zero-order valence-electron chi connectivity index (χ0n) is 11.7. The van der Waals surface area contributed by atoms with E-state index in [1.807, 2.05) is 29.6 Å². The lowest BCUT2D eigenvalue weighted by molar-refractivity contribution is 0.0663. The number of rotatable bonds is 4. The van der Waals surface area contributed by atoms with Crippen LogP contribution in [0.5, 0.6) is 0 Å². The number of aromatic nitrogens is 1. The Kier molecular flexibility index (Phi) is 4.88. The van der Waals surface area contributed by atoms with Crippen molar-refractivity contribution in [2.24, 2.45) is 5.92 Å². The molecule has 1 unspecified atom stereocenters. The molecule has 2 rings (SSSR count). The van der Waals surface area contributed by atoms with Crippen molar-refractivity contribution in [3.8, 4) is 0 Å². The second-order valence-corrected chi connectivity index (χ2v) is 5.58. The summed E-state index contributed by atoms with van der Waals surface area (Å²) in [6.07, 6.45) is 4.10. The number of amides is 1. The van der Waals surface area contributed by atoms with Gasteiger partial charge in [0, 0.05) is 25.8 Å². The summed E-state index contributed by atoms with van der Waals surface area (Å²) in [7, 11) is 1.96.